The highest BCUT2D eigenvalue weighted by Crippen LogP contribution is 2.20. The molecule has 1 aromatic rings. The molecule has 3 N–H and O–H groups in total. The molecule has 0 spiro atoms. The first-order chi connectivity index (χ1) is 6.13. The van der Waals surface area contributed by atoms with Gasteiger partial charge in [-0.25, -0.2) is 4.79 Å². The number of methoxy groups -OCH3 is 1. The fourth-order valence-corrected chi connectivity index (χ4v) is 1.04. The smallest absolute Gasteiger partial charge is 0.316 e. The van der Waals surface area contributed by atoms with Crippen molar-refractivity contribution in [1.82, 2.24) is 0 Å². The van der Waals surface area contributed by atoms with E-state index in [0.29, 0.717) is 5.69 Å². The molecule has 4 heteroatoms. The van der Waals surface area contributed by atoms with Crippen LogP contribution in [0.15, 0.2) is 18.2 Å². The number of nitrogens with one attached hydrogen (secondary N) is 1. The second kappa shape index (κ2) is 3.80. The summed E-state index contributed by atoms with van der Waals surface area (Å²) in [4.78, 5) is 10.6. The summed E-state index contributed by atoms with van der Waals surface area (Å²) in [7, 11) is 1.59. The van der Waals surface area contributed by atoms with E-state index < -0.39 is 6.03 Å². The largest absolute Gasteiger partial charge is 0.497 e. The quantitative estimate of drug-likeness (QED) is 0.724. The number of benzene rings is 1. The zero-order valence-corrected chi connectivity index (χ0v) is 7.63. The van der Waals surface area contributed by atoms with Gasteiger partial charge in [-0.3, -0.25) is 0 Å². The fraction of sp³-hybridized carbons (Fsp3) is 0.222. The predicted molar refractivity (Wildman–Crippen MR) is 50.9 cm³/mol. The van der Waals surface area contributed by atoms with E-state index in [9.17, 15) is 4.79 Å². The van der Waals surface area contributed by atoms with E-state index in [1.165, 1.54) is 0 Å². The van der Waals surface area contributed by atoms with Crippen LogP contribution in [0.5, 0.6) is 5.75 Å². The number of carbonyl (C=O) groups excluding carboxylic acids is 1. The van der Waals surface area contributed by atoms with Crippen molar-refractivity contribution < 1.29 is 9.53 Å². The molecule has 0 aliphatic carbocycles. The highest BCUT2D eigenvalue weighted by atomic mass is 16.5. The number of rotatable bonds is 2. The number of urea groups is 1. The van der Waals surface area contributed by atoms with Crippen LogP contribution in [0.1, 0.15) is 5.56 Å². The highest BCUT2D eigenvalue weighted by molar-refractivity contribution is 5.88. The van der Waals surface area contributed by atoms with Crippen molar-refractivity contribution in [3.05, 3.63) is 23.8 Å². The number of anilines is 1. The maximum absolute atomic E-state index is 10.6. The summed E-state index contributed by atoms with van der Waals surface area (Å²) in [6, 6.07) is 4.77. The van der Waals surface area contributed by atoms with Crippen LogP contribution in [0.25, 0.3) is 0 Å². The lowest BCUT2D eigenvalue weighted by Crippen LogP contribution is -2.19. The fourth-order valence-electron chi connectivity index (χ4n) is 1.04. The van der Waals surface area contributed by atoms with Crippen molar-refractivity contribution in [3.63, 3.8) is 0 Å². The second-order valence-corrected chi connectivity index (χ2v) is 2.67. The monoisotopic (exact) mass is 180 g/mol. The third-order valence-corrected chi connectivity index (χ3v) is 1.69. The summed E-state index contributed by atoms with van der Waals surface area (Å²) in [6.07, 6.45) is 0. The summed E-state index contributed by atoms with van der Waals surface area (Å²) in [5.74, 6) is 0.757. The van der Waals surface area contributed by atoms with Crippen molar-refractivity contribution in [2.45, 2.75) is 6.92 Å². The third-order valence-electron chi connectivity index (χ3n) is 1.69. The zero-order chi connectivity index (χ0) is 9.84. The van der Waals surface area contributed by atoms with Crippen LogP contribution >= 0.6 is 0 Å². The van der Waals surface area contributed by atoms with Gasteiger partial charge in [0.1, 0.15) is 5.75 Å². The van der Waals surface area contributed by atoms with E-state index in [1.54, 1.807) is 19.2 Å². The minimum Gasteiger partial charge on any atom is -0.497 e. The van der Waals surface area contributed by atoms with Crippen LogP contribution in [-0.4, -0.2) is 13.1 Å². The van der Waals surface area contributed by atoms with Gasteiger partial charge in [-0.2, -0.15) is 0 Å². The summed E-state index contributed by atoms with van der Waals surface area (Å²) in [5.41, 5.74) is 6.60. The van der Waals surface area contributed by atoms with Gasteiger partial charge in [0.25, 0.3) is 0 Å². The van der Waals surface area contributed by atoms with Crippen molar-refractivity contribution in [2.24, 2.45) is 5.73 Å². The Morgan fingerprint density at radius 3 is 2.69 bits per heavy atom. The zero-order valence-electron chi connectivity index (χ0n) is 7.63. The first-order valence-electron chi connectivity index (χ1n) is 3.84. The molecular weight excluding hydrogens is 168 g/mol. The van der Waals surface area contributed by atoms with Gasteiger partial charge in [0.05, 0.1) is 7.11 Å². The lowest BCUT2D eigenvalue weighted by Gasteiger charge is -2.07. The molecule has 1 rings (SSSR count). The van der Waals surface area contributed by atoms with Gasteiger partial charge < -0.3 is 15.8 Å². The van der Waals surface area contributed by atoms with Gasteiger partial charge in [-0.05, 0) is 30.7 Å². The molecule has 0 saturated carbocycles. The molecule has 0 saturated heterocycles. The van der Waals surface area contributed by atoms with E-state index in [4.69, 9.17) is 10.5 Å². The minimum absolute atomic E-state index is 0.562. The van der Waals surface area contributed by atoms with Gasteiger partial charge in [0, 0.05) is 5.69 Å². The van der Waals surface area contributed by atoms with Crippen LogP contribution in [-0.2, 0) is 0 Å². The molecule has 13 heavy (non-hydrogen) atoms. The molecule has 70 valence electrons. The van der Waals surface area contributed by atoms with Crippen molar-refractivity contribution >= 4 is 11.7 Å². The molecule has 0 aliphatic rings. The first kappa shape index (κ1) is 9.38. The lowest BCUT2D eigenvalue weighted by atomic mass is 10.2. The van der Waals surface area contributed by atoms with Crippen LogP contribution < -0.4 is 15.8 Å². The molecule has 0 aromatic heterocycles. The van der Waals surface area contributed by atoms with E-state index in [0.717, 1.165) is 11.3 Å². The van der Waals surface area contributed by atoms with Gasteiger partial charge >= 0.3 is 6.03 Å². The number of hydrogen-bond donors (Lipinski definition) is 2. The Hall–Kier alpha value is -1.71. The van der Waals surface area contributed by atoms with E-state index in [1.807, 2.05) is 13.0 Å². The number of amides is 2. The standard InChI is InChI=1S/C9H12N2O2/c1-6-5-7(13-2)3-4-8(6)11-9(10)12/h3-5H,1-2H3,(H3,10,11,12). The minimum atomic E-state index is -0.562. The molecule has 0 heterocycles. The Morgan fingerprint density at radius 2 is 2.23 bits per heavy atom. The van der Waals surface area contributed by atoms with Crippen molar-refractivity contribution in [1.29, 1.82) is 0 Å². The molecule has 0 atom stereocenters. The number of ether oxygens (including phenoxy) is 1. The Labute approximate surface area is 76.7 Å². The van der Waals surface area contributed by atoms with Gasteiger partial charge in [-0.15, -0.1) is 0 Å². The average Bonchev–Trinajstić information content (AvgIpc) is 2.08. The molecule has 0 radical (unpaired) electrons. The van der Waals surface area contributed by atoms with E-state index in [-0.39, 0.29) is 0 Å². The van der Waals surface area contributed by atoms with Crippen LogP contribution in [0.3, 0.4) is 0 Å². The topological polar surface area (TPSA) is 64.3 Å². The number of aryl methyl sites for hydroxylation is 1. The normalized spacial score (nSPS) is 9.38. The van der Waals surface area contributed by atoms with Crippen LogP contribution in [0, 0.1) is 6.92 Å². The number of primary amides is 1. The number of carbonyl (C=O) groups is 1. The van der Waals surface area contributed by atoms with Gasteiger partial charge in [0.15, 0.2) is 0 Å². The Bertz CT molecular complexity index is 323. The molecular formula is C9H12N2O2. The lowest BCUT2D eigenvalue weighted by molar-refractivity contribution is 0.259. The molecule has 1 aromatic carbocycles. The maximum atomic E-state index is 10.6. The van der Waals surface area contributed by atoms with Gasteiger partial charge in [0.2, 0.25) is 0 Å². The van der Waals surface area contributed by atoms with Gasteiger partial charge in [-0.1, -0.05) is 0 Å². The third kappa shape index (κ3) is 2.37. The Morgan fingerprint density at radius 1 is 1.54 bits per heavy atom. The average molecular weight is 180 g/mol. The van der Waals surface area contributed by atoms with Crippen molar-refractivity contribution in [2.75, 3.05) is 12.4 Å². The Balaban J connectivity index is 2.91. The summed E-state index contributed by atoms with van der Waals surface area (Å²) in [5, 5.41) is 2.51. The highest BCUT2D eigenvalue weighted by Gasteiger charge is 2.01. The van der Waals surface area contributed by atoms with E-state index in [2.05, 4.69) is 5.32 Å². The SMILES string of the molecule is COc1ccc(NC(N)=O)c(C)c1. The predicted octanol–water partition coefficient (Wildman–Crippen LogP) is 1.49. The van der Waals surface area contributed by atoms with Crippen LogP contribution in [0.2, 0.25) is 0 Å². The maximum Gasteiger partial charge on any atom is 0.316 e. The number of nitrogens with two attached hydrogens (primary N) is 1. The summed E-state index contributed by atoms with van der Waals surface area (Å²) >= 11 is 0. The molecule has 2 amide bonds. The summed E-state index contributed by atoms with van der Waals surface area (Å²) in [6.45, 7) is 1.87. The molecule has 0 unspecified atom stereocenters. The molecule has 4 nitrogen and oxygen atoms in total. The van der Waals surface area contributed by atoms with Crippen LogP contribution in [0.4, 0.5) is 10.5 Å². The molecule has 0 aliphatic heterocycles. The second-order valence-electron chi connectivity index (χ2n) is 2.67. The number of hydrogen-bond acceptors (Lipinski definition) is 2. The molecule has 0 fully saturated rings. The first-order valence-corrected chi connectivity index (χ1v) is 3.84. The Kier molecular flexibility index (Phi) is 2.74. The molecule has 0 bridgehead atoms. The van der Waals surface area contributed by atoms with E-state index >= 15 is 0 Å². The van der Waals surface area contributed by atoms with Crippen molar-refractivity contribution in [3.8, 4) is 5.75 Å². The summed E-state index contributed by atoms with van der Waals surface area (Å²) < 4.78 is 5.01.